The van der Waals surface area contributed by atoms with Gasteiger partial charge in [0.1, 0.15) is 0 Å². The molecular weight excluding hydrogens is 392 g/mol. The van der Waals surface area contributed by atoms with E-state index in [2.05, 4.69) is 11.7 Å². The molecule has 0 radical (unpaired) electrons. The molecule has 0 saturated carbocycles. The van der Waals surface area contributed by atoms with Crippen molar-refractivity contribution in [3.05, 3.63) is 53.8 Å². The maximum atomic E-state index is 14.0. The van der Waals surface area contributed by atoms with Gasteiger partial charge in [0.15, 0.2) is 11.6 Å². The summed E-state index contributed by atoms with van der Waals surface area (Å²) in [6.45, 7) is 3.76. The molecule has 0 atom stereocenters. The standard InChI is InChI=1S/C21H20F4O4/c1-2-9-19-11-26-20(27-12-19,28-13-19)16-6-3-14(4-7-16)15-5-8-18(17(22)10-15)29-21(23,24)25/h3-8,10H,2,9,11-13H2,1H3. The number of fused-ring (bicyclic) bond motifs is 3. The Labute approximate surface area is 165 Å². The largest absolute Gasteiger partial charge is 0.573 e. The van der Waals surface area contributed by atoms with Gasteiger partial charge in [0.25, 0.3) is 0 Å². The van der Waals surface area contributed by atoms with Crippen LogP contribution in [-0.4, -0.2) is 26.2 Å². The number of alkyl halides is 3. The molecule has 0 N–H and O–H groups in total. The molecule has 29 heavy (non-hydrogen) atoms. The lowest BCUT2D eigenvalue weighted by Gasteiger charge is -2.51. The molecule has 4 nitrogen and oxygen atoms in total. The first-order valence-corrected chi connectivity index (χ1v) is 9.32. The third-order valence-corrected chi connectivity index (χ3v) is 5.21. The van der Waals surface area contributed by atoms with Crippen molar-refractivity contribution in [1.82, 2.24) is 0 Å². The summed E-state index contributed by atoms with van der Waals surface area (Å²) in [6, 6.07) is 10.2. The molecule has 2 bridgehead atoms. The van der Waals surface area contributed by atoms with Crippen LogP contribution in [0.1, 0.15) is 25.3 Å². The number of benzene rings is 2. The highest BCUT2D eigenvalue weighted by Gasteiger charge is 2.53. The third kappa shape index (κ3) is 3.97. The Morgan fingerprint density at radius 2 is 1.52 bits per heavy atom. The molecular formula is C21H20F4O4. The highest BCUT2D eigenvalue weighted by molar-refractivity contribution is 5.64. The van der Waals surface area contributed by atoms with Crippen LogP contribution in [0.15, 0.2) is 42.5 Å². The average molecular weight is 412 g/mol. The molecule has 2 aromatic carbocycles. The van der Waals surface area contributed by atoms with Crippen molar-refractivity contribution in [2.75, 3.05) is 19.8 Å². The van der Waals surface area contributed by atoms with Crippen molar-refractivity contribution < 1.29 is 36.5 Å². The number of halogens is 4. The minimum Gasteiger partial charge on any atom is -0.403 e. The Kier molecular flexibility index (Phi) is 5.04. The van der Waals surface area contributed by atoms with Crippen molar-refractivity contribution in [3.63, 3.8) is 0 Å². The van der Waals surface area contributed by atoms with Crippen LogP contribution >= 0.6 is 0 Å². The monoisotopic (exact) mass is 412 g/mol. The number of hydrogen-bond acceptors (Lipinski definition) is 4. The topological polar surface area (TPSA) is 36.9 Å². The van der Waals surface area contributed by atoms with E-state index >= 15 is 0 Å². The van der Waals surface area contributed by atoms with E-state index in [0.717, 1.165) is 25.0 Å². The Bertz CT molecular complexity index is 855. The molecule has 0 spiro atoms. The second-order valence-corrected chi connectivity index (χ2v) is 7.44. The van der Waals surface area contributed by atoms with Gasteiger partial charge in [-0.15, -0.1) is 13.2 Å². The van der Waals surface area contributed by atoms with Gasteiger partial charge in [-0.25, -0.2) is 4.39 Å². The van der Waals surface area contributed by atoms with E-state index in [9.17, 15) is 17.6 Å². The van der Waals surface area contributed by atoms with E-state index in [-0.39, 0.29) is 5.41 Å². The number of rotatable bonds is 5. The van der Waals surface area contributed by atoms with Crippen molar-refractivity contribution in [3.8, 4) is 16.9 Å². The molecule has 3 saturated heterocycles. The van der Waals surface area contributed by atoms with Crippen LogP contribution in [0, 0.1) is 11.2 Å². The predicted octanol–water partition coefficient (Wildman–Crippen LogP) is 5.37. The summed E-state index contributed by atoms with van der Waals surface area (Å²) in [5.41, 5.74) is 1.60. The van der Waals surface area contributed by atoms with Gasteiger partial charge in [-0.1, -0.05) is 43.7 Å². The summed E-state index contributed by atoms with van der Waals surface area (Å²) in [7, 11) is 0. The van der Waals surface area contributed by atoms with Gasteiger partial charge in [0.2, 0.25) is 0 Å². The Hall–Kier alpha value is -2.16. The summed E-state index contributed by atoms with van der Waals surface area (Å²) in [6.07, 6.45) is -2.97. The fourth-order valence-corrected chi connectivity index (χ4v) is 3.75. The highest BCUT2D eigenvalue weighted by Crippen LogP contribution is 2.46. The first-order valence-electron chi connectivity index (χ1n) is 9.32. The summed E-state index contributed by atoms with van der Waals surface area (Å²) in [4.78, 5) is 0. The predicted molar refractivity (Wildman–Crippen MR) is 95.4 cm³/mol. The Morgan fingerprint density at radius 1 is 0.931 bits per heavy atom. The van der Waals surface area contributed by atoms with E-state index in [1.54, 1.807) is 24.3 Å². The summed E-state index contributed by atoms with van der Waals surface area (Å²) in [5, 5.41) is 0. The molecule has 3 heterocycles. The van der Waals surface area contributed by atoms with E-state index in [4.69, 9.17) is 14.2 Å². The second-order valence-electron chi connectivity index (χ2n) is 7.44. The molecule has 156 valence electrons. The molecule has 5 rings (SSSR count). The van der Waals surface area contributed by atoms with Gasteiger partial charge in [-0.2, -0.15) is 0 Å². The van der Waals surface area contributed by atoms with Crippen LogP contribution in [0.4, 0.5) is 17.6 Å². The van der Waals surface area contributed by atoms with Gasteiger partial charge >= 0.3 is 12.3 Å². The SMILES string of the molecule is CCCC12COC(c3ccc(-c4ccc(OC(F)(F)F)c(F)c4)cc3)(OC1)OC2. The van der Waals surface area contributed by atoms with Crippen LogP contribution < -0.4 is 4.74 Å². The summed E-state index contributed by atoms with van der Waals surface area (Å²) < 4.78 is 72.2. The van der Waals surface area contributed by atoms with Gasteiger partial charge in [0.05, 0.1) is 19.8 Å². The van der Waals surface area contributed by atoms with E-state index in [1.165, 1.54) is 6.07 Å². The van der Waals surface area contributed by atoms with Crippen molar-refractivity contribution >= 4 is 0 Å². The van der Waals surface area contributed by atoms with Crippen LogP contribution in [-0.2, 0) is 20.2 Å². The first-order chi connectivity index (χ1) is 13.7. The maximum Gasteiger partial charge on any atom is 0.573 e. The quantitative estimate of drug-likeness (QED) is 0.619. The van der Waals surface area contributed by atoms with E-state index in [1.807, 2.05) is 0 Å². The zero-order valence-electron chi connectivity index (χ0n) is 15.7. The zero-order valence-corrected chi connectivity index (χ0v) is 15.7. The van der Waals surface area contributed by atoms with Crippen LogP contribution in [0.5, 0.6) is 5.75 Å². The van der Waals surface area contributed by atoms with Gasteiger partial charge in [-0.3, -0.25) is 0 Å². The first kappa shape index (κ1) is 20.1. The zero-order chi connectivity index (χ0) is 20.7. The summed E-state index contributed by atoms with van der Waals surface area (Å²) >= 11 is 0. The minimum absolute atomic E-state index is 0.103. The Balaban J connectivity index is 1.51. The lowest BCUT2D eigenvalue weighted by Crippen LogP contribution is -2.58. The fraction of sp³-hybridized carbons (Fsp3) is 0.429. The van der Waals surface area contributed by atoms with Gasteiger partial charge < -0.3 is 18.9 Å². The molecule has 8 heteroatoms. The van der Waals surface area contributed by atoms with Gasteiger partial charge in [0, 0.05) is 11.0 Å². The highest BCUT2D eigenvalue weighted by atomic mass is 19.4. The minimum atomic E-state index is -4.95. The normalized spacial score (nSPS) is 26.5. The van der Waals surface area contributed by atoms with Crippen LogP contribution in [0.2, 0.25) is 0 Å². The average Bonchev–Trinajstić information content (AvgIpc) is 2.70. The van der Waals surface area contributed by atoms with Crippen molar-refractivity contribution in [1.29, 1.82) is 0 Å². The van der Waals surface area contributed by atoms with E-state index < -0.39 is 23.9 Å². The van der Waals surface area contributed by atoms with Crippen LogP contribution in [0.25, 0.3) is 11.1 Å². The van der Waals surface area contributed by atoms with E-state index in [0.29, 0.717) is 36.5 Å². The molecule has 0 aliphatic carbocycles. The molecule has 3 aliphatic heterocycles. The molecule has 0 unspecified atom stereocenters. The maximum absolute atomic E-state index is 14.0. The fourth-order valence-electron chi connectivity index (χ4n) is 3.75. The molecule has 3 aliphatic rings. The van der Waals surface area contributed by atoms with Gasteiger partial charge in [-0.05, 0) is 29.7 Å². The molecule has 0 amide bonds. The second kappa shape index (κ2) is 7.27. The molecule has 0 aromatic heterocycles. The smallest absolute Gasteiger partial charge is 0.403 e. The van der Waals surface area contributed by atoms with Crippen molar-refractivity contribution in [2.24, 2.45) is 5.41 Å². The number of hydrogen-bond donors (Lipinski definition) is 0. The lowest BCUT2D eigenvalue weighted by molar-refractivity contribution is -0.480. The molecule has 3 fully saturated rings. The lowest BCUT2D eigenvalue weighted by atomic mass is 9.83. The summed E-state index contributed by atoms with van der Waals surface area (Å²) in [5.74, 6) is -3.21. The van der Waals surface area contributed by atoms with Crippen molar-refractivity contribution in [2.45, 2.75) is 32.1 Å². The molecule has 2 aromatic rings. The number of ether oxygens (including phenoxy) is 4. The third-order valence-electron chi connectivity index (χ3n) is 5.21. The Morgan fingerprint density at radius 3 is 2.03 bits per heavy atom. The van der Waals surface area contributed by atoms with Crippen LogP contribution in [0.3, 0.4) is 0 Å².